The van der Waals surface area contributed by atoms with Crippen LogP contribution in [0.15, 0.2) is 30.3 Å². The normalized spacial score (nSPS) is 13.1. The summed E-state index contributed by atoms with van der Waals surface area (Å²) in [6.07, 6.45) is 1.18. The molecule has 0 N–H and O–H groups in total. The maximum absolute atomic E-state index is 11.2. The van der Waals surface area contributed by atoms with Crippen molar-refractivity contribution in [2.24, 2.45) is 0 Å². The summed E-state index contributed by atoms with van der Waals surface area (Å²) in [7, 11) is -3.07. The van der Waals surface area contributed by atoms with E-state index in [9.17, 15) is 8.42 Å². The first kappa shape index (κ1) is 12.1. The van der Waals surface area contributed by atoms with Crippen molar-refractivity contribution < 1.29 is 8.42 Å². The number of thioether (sulfide) groups is 1. The maximum Gasteiger partial charge on any atom is 0.148 e. The van der Waals surface area contributed by atoms with E-state index in [1.807, 2.05) is 35.7 Å². The fourth-order valence-corrected chi connectivity index (χ4v) is 3.38. The molecule has 0 amide bonds. The Hall–Kier alpha value is -0.990. The third-order valence-corrected chi connectivity index (χ3v) is 3.80. The van der Waals surface area contributed by atoms with Crippen LogP contribution in [0.5, 0.6) is 0 Å². The second kappa shape index (κ2) is 5.19. The van der Waals surface area contributed by atoms with E-state index in [4.69, 9.17) is 5.26 Å². The van der Waals surface area contributed by atoms with Crippen LogP contribution in [-0.2, 0) is 9.84 Å². The lowest BCUT2D eigenvalue weighted by atomic mass is 10.2. The Bertz CT molecular complexity index is 448. The molecular weight excluding hydrogens is 230 g/mol. The van der Waals surface area contributed by atoms with Gasteiger partial charge in [-0.3, -0.25) is 0 Å². The Morgan fingerprint density at radius 3 is 2.47 bits per heavy atom. The molecule has 5 heteroatoms. The average Bonchev–Trinajstić information content (AvgIpc) is 2.17. The summed E-state index contributed by atoms with van der Waals surface area (Å²) in [5, 5.41) is 10.3. The molecule has 1 unspecified atom stereocenters. The smallest absolute Gasteiger partial charge is 0.148 e. The van der Waals surface area contributed by atoms with Crippen LogP contribution in [0.1, 0.15) is 10.8 Å². The van der Waals surface area contributed by atoms with Crippen molar-refractivity contribution >= 4 is 21.6 Å². The molecule has 15 heavy (non-hydrogen) atoms. The highest BCUT2D eigenvalue weighted by Gasteiger charge is 2.17. The lowest BCUT2D eigenvalue weighted by Crippen LogP contribution is -2.10. The number of hydrogen-bond donors (Lipinski definition) is 0. The highest BCUT2D eigenvalue weighted by molar-refractivity contribution is 8.04. The number of nitrogens with zero attached hydrogens (tertiary/aromatic N) is 1. The van der Waals surface area contributed by atoms with Crippen LogP contribution in [-0.4, -0.2) is 20.4 Å². The van der Waals surface area contributed by atoms with Crippen LogP contribution in [0.2, 0.25) is 0 Å². The molecule has 1 rings (SSSR count). The summed E-state index contributed by atoms with van der Waals surface area (Å²) in [5.41, 5.74) is 0.870. The number of hydrogen-bond acceptors (Lipinski definition) is 4. The molecule has 0 aliphatic rings. The van der Waals surface area contributed by atoms with Crippen LogP contribution in [0, 0.1) is 10.7 Å². The quantitative estimate of drug-likeness (QED) is 0.756. The largest absolute Gasteiger partial charge is 0.229 e. The molecule has 0 aromatic heterocycles. The summed E-state index contributed by atoms with van der Waals surface area (Å²) in [5.74, 6) is -0.00472. The van der Waals surface area contributed by atoms with Crippen molar-refractivity contribution in [1.29, 1.82) is 5.26 Å². The number of nitriles is 1. The van der Waals surface area contributed by atoms with E-state index in [0.29, 0.717) is 0 Å². The van der Waals surface area contributed by atoms with Crippen molar-refractivity contribution in [2.75, 3.05) is 12.0 Å². The van der Waals surface area contributed by atoms with E-state index in [-0.39, 0.29) is 11.0 Å². The van der Waals surface area contributed by atoms with Gasteiger partial charge in [0.05, 0.1) is 11.0 Å². The van der Waals surface area contributed by atoms with Gasteiger partial charge >= 0.3 is 0 Å². The second-order valence-corrected chi connectivity index (χ2v) is 6.37. The van der Waals surface area contributed by atoms with E-state index < -0.39 is 9.84 Å². The van der Waals surface area contributed by atoms with Gasteiger partial charge < -0.3 is 0 Å². The van der Waals surface area contributed by atoms with Gasteiger partial charge in [-0.1, -0.05) is 30.3 Å². The standard InChI is InChI=1S/C10H11NO2S2/c1-15(12,13)7-10(14-8-11)9-5-3-2-4-6-9/h2-6,10H,7H2,1H3. The molecule has 0 radical (unpaired) electrons. The van der Waals surface area contributed by atoms with E-state index in [2.05, 4.69) is 0 Å². The van der Waals surface area contributed by atoms with Gasteiger partial charge in [0.1, 0.15) is 15.2 Å². The number of rotatable bonds is 4. The summed E-state index contributed by atoms with van der Waals surface area (Å²) < 4.78 is 22.3. The van der Waals surface area contributed by atoms with Gasteiger partial charge in [0.2, 0.25) is 0 Å². The summed E-state index contributed by atoms with van der Waals surface area (Å²) in [6, 6.07) is 9.20. The molecule has 0 heterocycles. The highest BCUT2D eigenvalue weighted by Crippen LogP contribution is 2.28. The Labute approximate surface area is 94.0 Å². The van der Waals surface area contributed by atoms with Gasteiger partial charge in [0.25, 0.3) is 0 Å². The zero-order chi connectivity index (χ0) is 11.3. The molecule has 0 spiro atoms. The third-order valence-electron chi connectivity index (χ3n) is 1.82. The summed E-state index contributed by atoms with van der Waals surface area (Å²) in [6.45, 7) is 0. The minimum atomic E-state index is -3.07. The molecule has 1 atom stereocenters. The molecule has 80 valence electrons. The fourth-order valence-electron chi connectivity index (χ4n) is 1.20. The number of thiocyanates is 1. The highest BCUT2D eigenvalue weighted by atomic mass is 32.2. The van der Waals surface area contributed by atoms with E-state index in [1.54, 1.807) is 0 Å². The van der Waals surface area contributed by atoms with Gasteiger partial charge in [-0.05, 0) is 17.3 Å². The Balaban J connectivity index is 2.90. The SMILES string of the molecule is CS(=O)(=O)CC(SC#N)c1ccccc1. The van der Waals surface area contributed by atoms with Crippen molar-refractivity contribution in [2.45, 2.75) is 5.25 Å². The van der Waals surface area contributed by atoms with Crippen LogP contribution in [0.25, 0.3) is 0 Å². The van der Waals surface area contributed by atoms with Gasteiger partial charge in [0, 0.05) is 6.26 Å². The predicted octanol–water partition coefficient (Wildman–Crippen LogP) is 1.99. The number of sulfone groups is 1. The van der Waals surface area contributed by atoms with Crippen LogP contribution < -0.4 is 0 Å². The Kier molecular flexibility index (Phi) is 4.18. The second-order valence-electron chi connectivity index (χ2n) is 3.20. The molecule has 0 saturated heterocycles. The Morgan fingerprint density at radius 2 is 2.00 bits per heavy atom. The molecule has 0 fully saturated rings. The summed E-state index contributed by atoms with van der Waals surface area (Å²) in [4.78, 5) is 0. The van der Waals surface area contributed by atoms with Crippen LogP contribution in [0.3, 0.4) is 0 Å². The van der Waals surface area contributed by atoms with Crippen LogP contribution >= 0.6 is 11.8 Å². The number of benzene rings is 1. The third kappa shape index (κ3) is 4.36. The molecule has 0 saturated carbocycles. The van der Waals surface area contributed by atoms with Gasteiger partial charge in [-0.25, -0.2) is 8.42 Å². The van der Waals surface area contributed by atoms with E-state index in [0.717, 1.165) is 17.3 Å². The van der Waals surface area contributed by atoms with Crippen molar-refractivity contribution in [1.82, 2.24) is 0 Å². The minimum Gasteiger partial charge on any atom is -0.229 e. The lowest BCUT2D eigenvalue weighted by molar-refractivity contribution is 0.600. The zero-order valence-corrected chi connectivity index (χ0v) is 9.88. The van der Waals surface area contributed by atoms with E-state index in [1.165, 1.54) is 6.26 Å². The molecule has 0 aliphatic heterocycles. The topological polar surface area (TPSA) is 57.9 Å². The molecule has 3 nitrogen and oxygen atoms in total. The van der Waals surface area contributed by atoms with Gasteiger partial charge in [-0.15, -0.1) is 0 Å². The van der Waals surface area contributed by atoms with Gasteiger partial charge in [0.15, 0.2) is 0 Å². The fraction of sp³-hybridized carbons (Fsp3) is 0.300. The summed E-state index contributed by atoms with van der Waals surface area (Å²) >= 11 is 0.983. The molecule has 1 aromatic carbocycles. The first-order valence-corrected chi connectivity index (χ1v) is 7.24. The molecule has 0 bridgehead atoms. The monoisotopic (exact) mass is 241 g/mol. The lowest BCUT2D eigenvalue weighted by Gasteiger charge is -2.11. The van der Waals surface area contributed by atoms with Crippen LogP contribution in [0.4, 0.5) is 0 Å². The predicted molar refractivity (Wildman–Crippen MR) is 62.1 cm³/mol. The average molecular weight is 241 g/mol. The Morgan fingerprint density at radius 1 is 1.40 bits per heavy atom. The molecular formula is C10H11NO2S2. The molecule has 0 aliphatic carbocycles. The first-order chi connectivity index (χ1) is 7.03. The van der Waals surface area contributed by atoms with Gasteiger partial charge in [-0.2, -0.15) is 5.26 Å². The maximum atomic E-state index is 11.2. The van der Waals surface area contributed by atoms with E-state index >= 15 is 0 Å². The first-order valence-electron chi connectivity index (χ1n) is 4.30. The minimum absolute atomic E-state index is 0.00472. The van der Waals surface area contributed by atoms with Crippen molar-refractivity contribution in [3.05, 3.63) is 35.9 Å². The molecule has 1 aromatic rings. The van der Waals surface area contributed by atoms with Crippen molar-refractivity contribution in [3.63, 3.8) is 0 Å². The zero-order valence-electron chi connectivity index (χ0n) is 8.25. The van der Waals surface area contributed by atoms with Crippen molar-refractivity contribution in [3.8, 4) is 5.40 Å².